The lowest BCUT2D eigenvalue weighted by molar-refractivity contribution is 0.0647. The Balaban J connectivity index is 2.22. The number of carboxylic acid groups (broad SMARTS) is 1. The van der Waals surface area contributed by atoms with Gasteiger partial charge in [-0.1, -0.05) is 13.8 Å². The molecule has 0 fully saturated rings. The van der Waals surface area contributed by atoms with Gasteiger partial charge < -0.3 is 14.4 Å². The second-order valence-electron chi connectivity index (χ2n) is 5.72. The maximum Gasteiger partial charge on any atom is 0.371 e. The van der Waals surface area contributed by atoms with E-state index in [0.29, 0.717) is 5.92 Å². The second-order valence-corrected chi connectivity index (χ2v) is 6.78. The Bertz CT molecular complexity index is 732. The first-order valence-electron chi connectivity index (χ1n) is 7.29. The van der Waals surface area contributed by atoms with Gasteiger partial charge in [0.1, 0.15) is 0 Å². The number of carboxylic acids is 1. The van der Waals surface area contributed by atoms with Crippen LogP contribution in [0.5, 0.6) is 0 Å². The summed E-state index contributed by atoms with van der Waals surface area (Å²) < 4.78 is 5.08. The molecule has 2 aromatic rings. The van der Waals surface area contributed by atoms with Crippen molar-refractivity contribution in [3.05, 3.63) is 39.2 Å². The normalized spacial score (nSPS) is 12.4. The molecule has 0 bridgehead atoms. The molecule has 0 saturated heterocycles. The number of furan rings is 1. The van der Waals surface area contributed by atoms with Gasteiger partial charge in [-0.25, -0.2) is 9.78 Å². The molecular weight excluding hydrogens is 316 g/mol. The summed E-state index contributed by atoms with van der Waals surface area (Å²) in [4.78, 5) is 30.4. The number of amides is 1. The largest absolute Gasteiger partial charge is 0.475 e. The van der Waals surface area contributed by atoms with Crippen LogP contribution in [0.3, 0.4) is 0 Å². The van der Waals surface area contributed by atoms with Crippen LogP contribution in [0.2, 0.25) is 0 Å². The van der Waals surface area contributed by atoms with E-state index in [1.165, 1.54) is 17.0 Å². The number of hydrogen-bond donors (Lipinski definition) is 1. The second kappa shape index (κ2) is 6.54. The summed E-state index contributed by atoms with van der Waals surface area (Å²) in [5, 5.41) is 9.91. The minimum absolute atomic E-state index is 0.0167. The van der Waals surface area contributed by atoms with Crippen LogP contribution in [0, 0.1) is 6.92 Å². The van der Waals surface area contributed by atoms with Crippen molar-refractivity contribution in [2.75, 3.05) is 7.05 Å². The Morgan fingerprint density at radius 3 is 2.35 bits per heavy atom. The lowest BCUT2D eigenvalue weighted by Gasteiger charge is -2.23. The van der Waals surface area contributed by atoms with Gasteiger partial charge in [0.15, 0.2) is 5.76 Å². The van der Waals surface area contributed by atoms with Gasteiger partial charge in [-0.15, -0.1) is 11.3 Å². The van der Waals surface area contributed by atoms with Crippen molar-refractivity contribution in [2.24, 2.45) is 0 Å². The number of aromatic nitrogens is 1. The molecule has 0 aliphatic heterocycles. The van der Waals surface area contributed by atoms with Crippen molar-refractivity contribution in [1.82, 2.24) is 9.88 Å². The summed E-state index contributed by atoms with van der Waals surface area (Å²) in [7, 11) is 1.67. The van der Waals surface area contributed by atoms with E-state index in [0.717, 1.165) is 15.6 Å². The van der Waals surface area contributed by atoms with E-state index in [-0.39, 0.29) is 23.5 Å². The summed E-state index contributed by atoms with van der Waals surface area (Å²) in [5.41, 5.74) is 0.913. The summed E-state index contributed by atoms with van der Waals surface area (Å²) in [5.74, 6) is -1.44. The minimum atomic E-state index is -1.19. The van der Waals surface area contributed by atoms with E-state index in [2.05, 4.69) is 18.8 Å². The Labute approximate surface area is 138 Å². The van der Waals surface area contributed by atoms with Crippen LogP contribution in [-0.2, 0) is 0 Å². The van der Waals surface area contributed by atoms with Crippen LogP contribution >= 0.6 is 11.3 Å². The third-order valence-corrected chi connectivity index (χ3v) is 5.28. The zero-order chi connectivity index (χ0) is 17.3. The maximum absolute atomic E-state index is 12.5. The number of rotatable bonds is 5. The summed E-state index contributed by atoms with van der Waals surface area (Å²) in [6, 6.07) is 2.49. The number of carbonyl (C=O) groups excluding carboxylic acids is 1. The molecular formula is C16H20N2O4S. The standard InChI is InChI=1S/C16H20N2O4S/c1-8(2)14-17-9(3)13(23-14)10(4)18(5)15(19)11-6-7-12(22-11)16(20)21/h6-8,10H,1-5H3,(H,20,21)/t10-/m1/s1. The number of hydrogen-bond acceptors (Lipinski definition) is 5. The molecule has 0 saturated carbocycles. The molecule has 7 heteroatoms. The van der Waals surface area contributed by atoms with Crippen molar-refractivity contribution in [1.29, 1.82) is 0 Å². The van der Waals surface area contributed by atoms with E-state index < -0.39 is 5.97 Å². The fourth-order valence-corrected chi connectivity index (χ4v) is 3.32. The summed E-state index contributed by atoms with van der Waals surface area (Å²) in [6.07, 6.45) is 0. The van der Waals surface area contributed by atoms with Gasteiger partial charge in [-0.3, -0.25) is 4.79 Å². The molecule has 1 atom stereocenters. The lowest BCUT2D eigenvalue weighted by atomic mass is 10.2. The number of aryl methyl sites for hydroxylation is 1. The van der Waals surface area contributed by atoms with Crippen LogP contribution < -0.4 is 0 Å². The SMILES string of the molecule is Cc1nc(C(C)C)sc1[C@@H](C)N(C)C(=O)c1ccc(C(=O)O)o1. The maximum atomic E-state index is 12.5. The summed E-state index contributed by atoms with van der Waals surface area (Å²) in [6.45, 7) is 8.02. The van der Waals surface area contributed by atoms with Crippen LogP contribution in [0.4, 0.5) is 0 Å². The molecule has 124 valence electrons. The van der Waals surface area contributed by atoms with E-state index >= 15 is 0 Å². The molecule has 0 spiro atoms. The highest BCUT2D eigenvalue weighted by molar-refractivity contribution is 7.11. The quantitative estimate of drug-likeness (QED) is 0.900. The van der Waals surface area contributed by atoms with Gasteiger partial charge in [0.2, 0.25) is 5.76 Å². The number of nitrogens with zero attached hydrogens (tertiary/aromatic N) is 2. The predicted molar refractivity (Wildman–Crippen MR) is 87.1 cm³/mol. The lowest BCUT2D eigenvalue weighted by Crippen LogP contribution is -2.29. The van der Waals surface area contributed by atoms with Crippen molar-refractivity contribution in [3.8, 4) is 0 Å². The number of aromatic carboxylic acids is 1. The molecule has 2 aromatic heterocycles. The molecule has 2 rings (SSSR count). The third-order valence-electron chi connectivity index (χ3n) is 3.65. The first-order valence-corrected chi connectivity index (χ1v) is 8.11. The van der Waals surface area contributed by atoms with E-state index in [4.69, 9.17) is 9.52 Å². The predicted octanol–water partition coefficient (Wildman–Crippen LogP) is 3.70. The number of thiazole rings is 1. The van der Waals surface area contributed by atoms with Crippen LogP contribution in [0.15, 0.2) is 16.5 Å². The van der Waals surface area contributed by atoms with Crippen LogP contribution in [0.1, 0.15) is 69.4 Å². The Hall–Kier alpha value is -2.15. The average molecular weight is 336 g/mol. The van der Waals surface area contributed by atoms with Gasteiger partial charge in [0, 0.05) is 17.8 Å². The van der Waals surface area contributed by atoms with Gasteiger partial charge in [0.05, 0.1) is 16.7 Å². The van der Waals surface area contributed by atoms with E-state index in [9.17, 15) is 9.59 Å². The van der Waals surface area contributed by atoms with Gasteiger partial charge >= 0.3 is 5.97 Å². The highest BCUT2D eigenvalue weighted by Gasteiger charge is 2.26. The molecule has 6 nitrogen and oxygen atoms in total. The third kappa shape index (κ3) is 3.44. The van der Waals surface area contributed by atoms with Crippen LogP contribution in [-0.4, -0.2) is 33.9 Å². The molecule has 0 aliphatic carbocycles. The minimum Gasteiger partial charge on any atom is -0.475 e. The fourth-order valence-electron chi connectivity index (χ4n) is 2.16. The molecule has 2 heterocycles. The van der Waals surface area contributed by atoms with E-state index in [1.807, 2.05) is 13.8 Å². The number of carbonyl (C=O) groups is 2. The molecule has 0 radical (unpaired) electrons. The monoisotopic (exact) mass is 336 g/mol. The summed E-state index contributed by atoms with van der Waals surface area (Å²) >= 11 is 1.60. The Morgan fingerprint density at radius 1 is 1.26 bits per heavy atom. The average Bonchev–Trinajstić information content (AvgIpc) is 3.11. The molecule has 0 aliphatic rings. The van der Waals surface area contributed by atoms with Crippen LogP contribution in [0.25, 0.3) is 0 Å². The van der Waals surface area contributed by atoms with Crippen molar-refractivity contribution < 1.29 is 19.1 Å². The first kappa shape index (κ1) is 17.2. The zero-order valence-electron chi connectivity index (χ0n) is 13.8. The van der Waals surface area contributed by atoms with Gasteiger partial charge in [-0.2, -0.15) is 0 Å². The van der Waals surface area contributed by atoms with E-state index in [1.54, 1.807) is 18.4 Å². The molecule has 1 amide bonds. The van der Waals surface area contributed by atoms with Gasteiger partial charge in [0.25, 0.3) is 5.91 Å². The van der Waals surface area contributed by atoms with Gasteiger partial charge in [-0.05, 0) is 26.0 Å². The topological polar surface area (TPSA) is 83.6 Å². The van der Waals surface area contributed by atoms with Crippen molar-refractivity contribution >= 4 is 23.2 Å². The Kier molecular flexibility index (Phi) is 4.89. The molecule has 0 unspecified atom stereocenters. The first-order chi connectivity index (χ1) is 10.7. The molecule has 1 N–H and O–H groups in total. The smallest absolute Gasteiger partial charge is 0.371 e. The van der Waals surface area contributed by atoms with Crippen molar-refractivity contribution in [2.45, 2.75) is 39.7 Å². The molecule has 0 aromatic carbocycles. The fraction of sp³-hybridized carbons (Fsp3) is 0.438. The highest BCUT2D eigenvalue weighted by Crippen LogP contribution is 2.32. The molecule has 23 heavy (non-hydrogen) atoms. The Morgan fingerprint density at radius 2 is 1.87 bits per heavy atom. The van der Waals surface area contributed by atoms with Crippen molar-refractivity contribution in [3.63, 3.8) is 0 Å². The zero-order valence-corrected chi connectivity index (χ0v) is 14.6. The highest BCUT2D eigenvalue weighted by atomic mass is 32.1.